The molecule has 0 aromatic carbocycles. The molecule has 0 saturated heterocycles. The summed E-state index contributed by atoms with van der Waals surface area (Å²) in [6, 6.07) is 3.70. The Labute approximate surface area is 92.9 Å². The molecule has 0 bridgehead atoms. The highest BCUT2D eigenvalue weighted by Gasteiger charge is 2.20. The molecule has 2 heterocycles. The molecule has 5 heteroatoms. The lowest BCUT2D eigenvalue weighted by Crippen LogP contribution is -2.07. The van der Waals surface area contributed by atoms with Gasteiger partial charge < -0.3 is 9.51 Å². The molecule has 0 radical (unpaired) electrons. The van der Waals surface area contributed by atoms with Gasteiger partial charge in [-0.15, -0.1) is 0 Å². The van der Waals surface area contributed by atoms with Gasteiger partial charge in [-0.25, -0.2) is 0 Å². The lowest BCUT2D eigenvalue weighted by atomic mass is 10.1. The number of carbonyl (C=O) groups excluding carboxylic acids is 1. The van der Waals surface area contributed by atoms with E-state index in [2.05, 4.69) is 15.1 Å². The molecule has 0 fully saturated rings. The predicted octanol–water partition coefficient (Wildman–Crippen LogP) is 2.15. The van der Waals surface area contributed by atoms with Crippen LogP contribution in [0, 0.1) is 0 Å². The van der Waals surface area contributed by atoms with Crippen LogP contribution in [0.4, 0.5) is 0 Å². The fraction of sp³-hybridized carbons (Fsp3) is 0.364. The Morgan fingerprint density at radius 2 is 2.44 bits per heavy atom. The van der Waals surface area contributed by atoms with Gasteiger partial charge in [0.05, 0.1) is 11.6 Å². The monoisotopic (exact) mass is 219 g/mol. The van der Waals surface area contributed by atoms with Gasteiger partial charge in [-0.1, -0.05) is 12.1 Å². The second-order valence-electron chi connectivity index (χ2n) is 3.58. The SMILES string of the molecule is CCC(=O)C(C)c1nc(-c2ccc[nH]2)no1. The molecule has 0 saturated carbocycles. The van der Waals surface area contributed by atoms with E-state index in [0.717, 1.165) is 5.69 Å². The molecular weight excluding hydrogens is 206 g/mol. The van der Waals surface area contributed by atoms with Crippen LogP contribution < -0.4 is 0 Å². The van der Waals surface area contributed by atoms with Crippen molar-refractivity contribution in [2.24, 2.45) is 0 Å². The molecule has 2 aromatic rings. The number of hydrogen-bond acceptors (Lipinski definition) is 4. The third kappa shape index (κ3) is 1.88. The average molecular weight is 219 g/mol. The normalized spacial score (nSPS) is 12.6. The lowest BCUT2D eigenvalue weighted by Gasteiger charge is -2.01. The summed E-state index contributed by atoms with van der Waals surface area (Å²) in [7, 11) is 0. The van der Waals surface area contributed by atoms with Gasteiger partial charge in [-0.05, 0) is 19.1 Å². The van der Waals surface area contributed by atoms with E-state index in [1.807, 2.05) is 19.1 Å². The third-order valence-electron chi connectivity index (χ3n) is 2.48. The molecule has 1 atom stereocenters. The molecular formula is C11H13N3O2. The molecule has 0 aliphatic heterocycles. The second kappa shape index (κ2) is 4.30. The van der Waals surface area contributed by atoms with Crippen molar-refractivity contribution in [3.8, 4) is 11.5 Å². The summed E-state index contributed by atoms with van der Waals surface area (Å²) in [4.78, 5) is 18.6. The highest BCUT2D eigenvalue weighted by atomic mass is 16.5. The van der Waals surface area contributed by atoms with Crippen molar-refractivity contribution >= 4 is 5.78 Å². The first-order valence-corrected chi connectivity index (χ1v) is 5.22. The molecule has 2 aromatic heterocycles. The van der Waals surface area contributed by atoms with E-state index in [4.69, 9.17) is 4.52 Å². The molecule has 0 aliphatic rings. The zero-order chi connectivity index (χ0) is 11.5. The van der Waals surface area contributed by atoms with Gasteiger partial charge >= 0.3 is 0 Å². The minimum atomic E-state index is -0.332. The number of hydrogen-bond donors (Lipinski definition) is 1. The molecule has 2 rings (SSSR count). The van der Waals surface area contributed by atoms with Gasteiger partial charge in [0.2, 0.25) is 11.7 Å². The van der Waals surface area contributed by atoms with Crippen molar-refractivity contribution < 1.29 is 9.32 Å². The van der Waals surface area contributed by atoms with Crippen LogP contribution in [0.3, 0.4) is 0 Å². The van der Waals surface area contributed by atoms with Gasteiger partial charge in [-0.2, -0.15) is 4.98 Å². The van der Waals surface area contributed by atoms with Gasteiger partial charge in [0, 0.05) is 12.6 Å². The van der Waals surface area contributed by atoms with E-state index in [-0.39, 0.29) is 11.7 Å². The smallest absolute Gasteiger partial charge is 0.237 e. The minimum absolute atomic E-state index is 0.0988. The van der Waals surface area contributed by atoms with Crippen molar-refractivity contribution in [3.05, 3.63) is 24.2 Å². The van der Waals surface area contributed by atoms with Crippen LogP contribution in [0.5, 0.6) is 0 Å². The Kier molecular flexibility index (Phi) is 2.85. The van der Waals surface area contributed by atoms with Crippen molar-refractivity contribution in [2.75, 3.05) is 0 Å². The number of Topliss-reactive ketones (excluding diaryl/α,β-unsaturated/α-hetero) is 1. The number of ketones is 1. The Balaban J connectivity index is 2.23. The van der Waals surface area contributed by atoms with E-state index < -0.39 is 0 Å². The van der Waals surface area contributed by atoms with Crippen LogP contribution in [0.1, 0.15) is 32.1 Å². The quantitative estimate of drug-likeness (QED) is 0.855. The van der Waals surface area contributed by atoms with Gasteiger partial charge in [0.1, 0.15) is 5.78 Å². The first kappa shape index (κ1) is 10.6. The molecule has 5 nitrogen and oxygen atoms in total. The molecule has 0 aliphatic carbocycles. The number of nitrogens with zero attached hydrogens (tertiary/aromatic N) is 2. The first-order valence-electron chi connectivity index (χ1n) is 5.22. The number of carbonyl (C=O) groups is 1. The predicted molar refractivity (Wildman–Crippen MR) is 57.8 cm³/mol. The van der Waals surface area contributed by atoms with Crippen molar-refractivity contribution in [1.29, 1.82) is 0 Å². The summed E-state index contributed by atoms with van der Waals surface area (Å²) < 4.78 is 5.07. The number of aromatic amines is 1. The van der Waals surface area contributed by atoms with Crippen LogP contribution in [0.15, 0.2) is 22.9 Å². The van der Waals surface area contributed by atoms with Crippen LogP contribution in [-0.4, -0.2) is 20.9 Å². The summed E-state index contributed by atoms with van der Waals surface area (Å²) in [5.74, 6) is 0.620. The molecule has 84 valence electrons. The zero-order valence-electron chi connectivity index (χ0n) is 9.23. The Bertz CT molecular complexity index is 473. The van der Waals surface area contributed by atoms with Crippen molar-refractivity contribution in [3.63, 3.8) is 0 Å². The van der Waals surface area contributed by atoms with Gasteiger partial charge in [-0.3, -0.25) is 4.79 Å². The molecule has 1 unspecified atom stereocenters. The number of rotatable bonds is 4. The van der Waals surface area contributed by atoms with Crippen LogP contribution >= 0.6 is 0 Å². The van der Waals surface area contributed by atoms with Crippen LogP contribution in [0.25, 0.3) is 11.5 Å². The maximum absolute atomic E-state index is 11.5. The van der Waals surface area contributed by atoms with Crippen LogP contribution in [-0.2, 0) is 4.79 Å². The second-order valence-corrected chi connectivity index (χ2v) is 3.58. The highest BCUT2D eigenvalue weighted by molar-refractivity contribution is 5.84. The largest absolute Gasteiger partial charge is 0.359 e. The van der Waals surface area contributed by atoms with E-state index in [1.54, 1.807) is 13.1 Å². The summed E-state index contributed by atoms with van der Waals surface area (Å²) in [6.07, 6.45) is 2.26. The molecule has 1 N–H and O–H groups in total. The third-order valence-corrected chi connectivity index (χ3v) is 2.48. The van der Waals surface area contributed by atoms with E-state index in [1.165, 1.54) is 0 Å². The number of H-pyrrole nitrogens is 1. The Morgan fingerprint density at radius 1 is 1.62 bits per heavy atom. The first-order chi connectivity index (χ1) is 7.72. The van der Waals surface area contributed by atoms with Crippen LogP contribution in [0.2, 0.25) is 0 Å². The summed E-state index contributed by atoms with van der Waals surface area (Å²) in [5, 5.41) is 3.83. The van der Waals surface area contributed by atoms with E-state index in [0.29, 0.717) is 18.1 Å². The number of nitrogens with one attached hydrogen (secondary N) is 1. The minimum Gasteiger partial charge on any atom is -0.359 e. The van der Waals surface area contributed by atoms with Gasteiger partial charge in [0.25, 0.3) is 0 Å². The average Bonchev–Trinajstić information content (AvgIpc) is 2.96. The summed E-state index contributed by atoms with van der Waals surface area (Å²) in [6.45, 7) is 3.60. The maximum Gasteiger partial charge on any atom is 0.237 e. The molecule has 16 heavy (non-hydrogen) atoms. The molecule has 0 spiro atoms. The maximum atomic E-state index is 11.5. The summed E-state index contributed by atoms with van der Waals surface area (Å²) >= 11 is 0. The standard InChI is InChI=1S/C11H13N3O2/c1-3-9(15)7(2)11-13-10(14-16-11)8-5-4-6-12-8/h4-7,12H,3H2,1-2H3. The fourth-order valence-corrected chi connectivity index (χ4v) is 1.43. The van der Waals surface area contributed by atoms with E-state index in [9.17, 15) is 4.79 Å². The summed E-state index contributed by atoms with van der Waals surface area (Å²) in [5.41, 5.74) is 0.783. The fourth-order valence-electron chi connectivity index (χ4n) is 1.43. The Hall–Kier alpha value is -1.91. The zero-order valence-corrected chi connectivity index (χ0v) is 9.23. The number of aromatic nitrogens is 3. The van der Waals surface area contributed by atoms with Crippen molar-refractivity contribution in [2.45, 2.75) is 26.2 Å². The molecule has 0 amide bonds. The highest BCUT2D eigenvalue weighted by Crippen LogP contribution is 2.19. The topological polar surface area (TPSA) is 71.8 Å². The van der Waals surface area contributed by atoms with Crippen molar-refractivity contribution in [1.82, 2.24) is 15.1 Å². The Morgan fingerprint density at radius 3 is 3.06 bits per heavy atom. The lowest BCUT2D eigenvalue weighted by molar-refractivity contribution is -0.120. The van der Waals surface area contributed by atoms with E-state index >= 15 is 0 Å². The van der Waals surface area contributed by atoms with Gasteiger partial charge in [0.15, 0.2) is 0 Å².